The van der Waals surface area contributed by atoms with E-state index in [1.54, 1.807) is 0 Å². The molecule has 1 heteroatoms. The van der Waals surface area contributed by atoms with Crippen molar-refractivity contribution in [2.24, 2.45) is 0 Å². The molecule has 0 fully saturated rings. The number of hydrogen-bond acceptors (Lipinski definition) is 1. The smallest absolute Gasteiger partial charge is 0.0317 e. The maximum Gasteiger partial charge on any atom is 0.0317 e. The first-order valence-electron chi connectivity index (χ1n) is 4.93. The predicted molar refractivity (Wildman–Crippen MR) is 58.0 cm³/mol. The summed E-state index contributed by atoms with van der Waals surface area (Å²) in [7, 11) is 2.02. The molecule has 0 unspecified atom stereocenters. The van der Waals surface area contributed by atoms with Crippen LogP contribution in [0.25, 0.3) is 0 Å². The Morgan fingerprint density at radius 2 is 2.00 bits per heavy atom. The molecule has 0 amide bonds. The van der Waals surface area contributed by atoms with Gasteiger partial charge in [-0.3, -0.25) is 0 Å². The Balaban J connectivity index is 2.99. The van der Waals surface area contributed by atoms with Gasteiger partial charge in [0.15, 0.2) is 0 Å². The van der Waals surface area contributed by atoms with Crippen LogP contribution < -0.4 is 5.32 Å². The van der Waals surface area contributed by atoms with Crippen molar-refractivity contribution in [3.8, 4) is 0 Å². The zero-order valence-electron chi connectivity index (χ0n) is 9.02. The van der Waals surface area contributed by atoms with Crippen molar-refractivity contribution in [2.45, 2.75) is 33.2 Å². The Kier molecular flexibility index (Phi) is 3.49. The molecule has 0 aromatic heterocycles. The van der Waals surface area contributed by atoms with E-state index >= 15 is 0 Å². The molecular formula is C12H19N. The van der Waals surface area contributed by atoms with E-state index in [9.17, 15) is 0 Å². The summed E-state index contributed by atoms with van der Waals surface area (Å²) in [6.07, 6.45) is 1.14. The van der Waals surface area contributed by atoms with Gasteiger partial charge in [0.05, 0.1) is 0 Å². The lowest BCUT2D eigenvalue weighted by Crippen LogP contribution is -2.16. The highest BCUT2D eigenvalue weighted by molar-refractivity contribution is 5.32. The molecule has 0 aliphatic heterocycles. The van der Waals surface area contributed by atoms with Crippen LogP contribution >= 0.6 is 0 Å². The molecule has 0 heterocycles. The fourth-order valence-corrected chi connectivity index (χ4v) is 1.80. The molecule has 0 saturated carbocycles. The van der Waals surface area contributed by atoms with Gasteiger partial charge >= 0.3 is 0 Å². The zero-order valence-corrected chi connectivity index (χ0v) is 9.02. The third kappa shape index (κ3) is 2.31. The van der Waals surface area contributed by atoms with Crippen LogP contribution in [0.3, 0.4) is 0 Å². The monoisotopic (exact) mass is 177 g/mol. The summed E-state index contributed by atoms with van der Waals surface area (Å²) in [5.74, 6) is 0. The predicted octanol–water partition coefficient (Wildman–Crippen LogP) is 2.97. The Labute approximate surface area is 81.2 Å². The summed E-state index contributed by atoms with van der Waals surface area (Å²) >= 11 is 0. The summed E-state index contributed by atoms with van der Waals surface area (Å²) < 4.78 is 0. The summed E-state index contributed by atoms with van der Waals surface area (Å²) in [5, 5.41) is 3.33. The molecule has 13 heavy (non-hydrogen) atoms. The number of nitrogens with one attached hydrogen (secondary N) is 1. The molecule has 0 spiro atoms. The largest absolute Gasteiger partial charge is 0.313 e. The van der Waals surface area contributed by atoms with Gasteiger partial charge in [-0.05, 0) is 38.4 Å². The highest BCUT2D eigenvalue weighted by Gasteiger charge is 2.08. The van der Waals surface area contributed by atoms with Crippen LogP contribution in [0.2, 0.25) is 0 Å². The minimum Gasteiger partial charge on any atom is -0.313 e. The zero-order chi connectivity index (χ0) is 9.84. The molecule has 1 aromatic rings. The molecule has 1 N–H and O–H groups in total. The van der Waals surface area contributed by atoms with Crippen LogP contribution in [-0.4, -0.2) is 7.05 Å². The van der Waals surface area contributed by atoms with Crippen LogP contribution in [-0.2, 0) is 0 Å². The lowest BCUT2D eigenvalue weighted by atomic mass is 9.98. The van der Waals surface area contributed by atoms with Crippen molar-refractivity contribution in [3.63, 3.8) is 0 Å². The van der Waals surface area contributed by atoms with Crippen molar-refractivity contribution in [3.05, 3.63) is 34.9 Å². The van der Waals surface area contributed by atoms with Gasteiger partial charge in [-0.1, -0.05) is 30.7 Å². The fourth-order valence-electron chi connectivity index (χ4n) is 1.80. The van der Waals surface area contributed by atoms with E-state index in [2.05, 4.69) is 44.3 Å². The third-order valence-corrected chi connectivity index (χ3v) is 2.56. The highest BCUT2D eigenvalue weighted by Crippen LogP contribution is 2.20. The molecule has 1 rings (SSSR count). The standard InChI is InChI=1S/C12H19N/c1-5-12(13-4)11-7-6-9(2)8-10(11)3/h6-8,12-13H,5H2,1-4H3/t12-/m0/s1. The maximum atomic E-state index is 3.33. The maximum absolute atomic E-state index is 3.33. The van der Waals surface area contributed by atoms with Gasteiger partial charge < -0.3 is 5.32 Å². The third-order valence-electron chi connectivity index (χ3n) is 2.56. The van der Waals surface area contributed by atoms with Gasteiger partial charge in [0.1, 0.15) is 0 Å². The lowest BCUT2D eigenvalue weighted by Gasteiger charge is -2.17. The number of hydrogen-bond donors (Lipinski definition) is 1. The summed E-state index contributed by atoms with van der Waals surface area (Å²) in [5.41, 5.74) is 4.16. The molecule has 0 radical (unpaired) electrons. The van der Waals surface area contributed by atoms with Crippen molar-refractivity contribution in [2.75, 3.05) is 7.05 Å². The van der Waals surface area contributed by atoms with Gasteiger partial charge in [0, 0.05) is 6.04 Å². The minimum atomic E-state index is 0.501. The van der Waals surface area contributed by atoms with Crippen LogP contribution in [0.15, 0.2) is 18.2 Å². The average Bonchev–Trinajstić information content (AvgIpc) is 2.10. The Morgan fingerprint density at radius 3 is 2.46 bits per heavy atom. The van der Waals surface area contributed by atoms with E-state index in [0.717, 1.165) is 6.42 Å². The van der Waals surface area contributed by atoms with E-state index in [-0.39, 0.29) is 0 Å². The first kappa shape index (κ1) is 10.3. The van der Waals surface area contributed by atoms with Gasteiger partial charge in [0.25, 0.3) is 0 Å². The fraction of sp³-hybridized carbons (Fsp3) is 0.500. The second-order valence-corrected chi connectivity index (χ2v) is 3.61. The van der Waals surface area contributed by atoms with E-state index in [1.807, 2.05) is 7.05 Å². The number of rotatable bonds is 3. The Morgan fingerprint density at radius 1 is 1.31 bits per heavy atom. The molecule has 72 valence electrons. The topological polar surface area (TPSA) is 12.0 Å². The van der Waals surface area contributed by atoms with Crippen LogP contribution in [0, 0.1) is 13.8 Å². The van der Waals surface area contributed by atoms with Gasteiger partial charge in [-0.25, -0.2) is 0 Å². The van der Waals surface area contributed by atoms with E-state index in [0.29, 0.717) is 6.04 Å². The molecule has 1 atom stereocenters. The molecule has 1 nitrogen and oxygen atoms in total. The molecule has 0 bridgehead atoms. The number of aryl methyl sites for hydroxylation is 2. The number of benzene rings is 1. The Bertz CT molecular complexity index is 274. The van der Waals surface area contributed by atoms with Gasteiger partial charge in [-0.2, -0.15) is 0 Å². The van der Waals surface area contributed by atoms with Crippen molar-refractivity contribution < 1.29 is 0 Å². The Hall–Kier alpha value is -0.820. The molecular weight excluding hydrogens is 158 g/mol. The van der Waals surface area contributed by atoms with Gasteiger partial charge in [-0.15, -0.1) is 0 Å². The van der Waals surface area contributed by atoms with E-state index in [4.69, 9.17) is 0 Å². The van der Waals surface area contributed by atoms with Crippen LogP contribution in [0.4, 0.5) is 0 Å². The van der Waals surface area contributed by atoms with E-state index < -0.39 is 0 Å². The van der Waals surface area contributed by atoms with Crippen molar-refractivity contribution >= 4 is 0 Å². The minimum absolute atomic E-state index is 0.501. The highest BCUT2D eigenvalue weighted by atomic mass is 14.9. The molecule has 0 aliphatic rings. The normalized spacial score (nSPS) is 12.9. The molecule has 1 aromatic carbocycles. The quantitative estimate of drug-likeness (QED) is 0.748. The van der Waals surface area contributed by atoms with Crippen molar-refractivity contribution in [1.29, 1.82) is 0 Å². The second kappa shape index (κ2) is 4.43. The molecule has 0 saturated heterocycles. The first-order valence-corrected chi connectivity index (χ1v) is 4.93. The van der Waals surface area contributed by atoms with Crippen LogP contribution in [0.5, 0.6) is 0 Å². The molecule has 0 aliphatic carbocycles. The van der Waals surface area contributed by atoms with E-state index in [1.165, 1.54) is 16.7 Å². The summed E-state index contributed by atoms with van der Waals surface area (Å²) in [6, 6.07) is 7.16. The summed E-state index contributed by atoms with van der Waals surface area (Å²) in [4.78, 5) is 0. The first-order chi connectivity index (χ1) is 6.19. The van der Waals surface area contributed by atoms with Crippen molar-refractivity contribution in [1.82, 2.24) is 5.32 Å². The average molecular weight is 177 g/mol. The van der Waals surface area contributed by atoms with Gasteiger partial charge in [0.2, 0.25) is 0 Å². The lowest BCUT2D eigenvalue weighted by molar-refractivity contribution is 0.574. The summed E-state index contributed by atoms with van der Waals surface area (Å²) in [6.45, 7) is 6.53. The SMILES string of the molecule is CC[C@H](NC)c1ccc(C)cc1C. The second-order valence-electron chi connectivity index (χ2n) is 3.61. The van der Waals surface area contributed by atoms with Crippen LogP contribution in [0.1, 0.15) is 36.1 Å².